The van der Waals surface area contributed by atoms with E-state index in [1.54, 1.807) is 21.3 Å². The van der Waals surface area contributed by atoms with E-state index in [9.17, 15) is 10.0 Å². The zero-order valence-corrected chi connectivity index (χ0v) is 27.6. The standard InChI is InChI=1S/C35H46N2O5P/c1-34(2)24-26(25-35(3,4)37(34)39)36-33(38)10-8-9-23-43(30-17-11-27(40-5)12-18-30,31-19-13-28(41-6)14-20-31)32-21-15-29(42-7)16-22-32/h11-22,26H,8-10,23-25H2,1-7H3/p+1. The molecule has 231 valence electrons. The number of carbonyl (C=O) groups excluding carboxylic acids is 1. The lowest BCUT2D eigenvalue weighted by molar-refractivity contribution is -0.290. The highest BCUT2D eigenvalue weighted by Crippen LogP contribution is 2.56. The summed E-state index contributed by atoms with van der Waals surface area (Å²) in [6.45, 7) is 7.84. The Morgan fingerprint density at radius 2 is 1.09 bits per heavy atom. The maximum absolute atomic E-state index is 13.1. The van der Waals surface area contributed by atoms with Crippen molar-refractivity contribution in [1.82, 2.24) is 10.4 Å². The first kappa shape index (κ1) is 32.8. The minimum Gasteiger partial charge on any atom is -0.497 e. The quantitative estimate of drug-likeness (QED) is 0.213. The summed E-state index contributed by atoms with van der Waals surface area (Å²) < 4.78 is 16.5. The van der Waals surface area contributed by atoms with Gasteiger partial charge in [-0.3, -0.25) is 4.79 Å². The molecule has 0 spiro atoms. The van der Waals surface area contributed by atoms with Crippen LogP contribution in [0.25, 0.3) is 0 Å². The summed E-state index contributed by atoms with van der Waals surface area (Å²) in [5, 5.41) is 20.9. The molecule has 0 saturated carbocycles. The van der Waals surface area contributed by atoms with Crippen molar-refractivity contribution >= 4 is 29.1 Å². The third-order valence-electron chi connectivity index (χ3n) is 8.64. The Kier molecular flexibility index (Phi) is 10.4. The summed E-state index contributed by atoms with van der Waals surface area (Å²) in [5.41, 5.74) is -1.03. The molecule has 1 radical (unpaired) electrons. The second kappa shape index (κ2) is 13.7. The highest BCUT2D eigenvalue weighted by molar-refractivity contribution is 7.95. The first-order valence-electron chi connectivity index (χ1n) is 15.0. The fourth-order valence-electron chi connectivity index (χ4n) is 6.64. The fraction of sp³-hybridized carbons (Fsp3) is 0.457. The molecule has 0 aromatic heterocycles. The molecule has 7 nitrogen and oxygen atoms in total. The van der Waals surface area contributed by atoms with Gasteiger partial charge in [-0.2, -0.15) is 0 Å². The molecule has 0 unspecified atom stereocenters. The summed E-state index contributed by atoms with van der Waals surface area (Å²) in [4.78, 5) is 13.1. The van der Waals surface area contributed by atoms with Crippen molar-refractivity contribution in [2.45, 2.75) is 76.9 Å². The lowest BCUT2D eigenvalue weighted by Crippen LogP contribution is -2.62. The molecule has 1 heterocycles. The molecule has 1 fully saturated rings. The average molecular weight is 607 g/mol. The number of nitrogens with one attached hydrogen (secondary N) is 1. The Balaban J connectivity index is 1.58. The number of piperidine rings is 1. The predicted octanol–water partition coefficient (Wildman–Crippen LogP) is 5.66. The van der Waals surface area contributed by atoms with E-state index in [2.05, 4.69) is 41.7 Å². The van der Waals surface area contributed by atoms with Crippen LogP contribution in [0.15, 0.2) is 72.8 Å². The van der Waals surface area contributed by atoms with E-state index in [1.807, 2.05) is 64.1 Å². The highest BCUT2D eigenvalue weighted by Gasteiger charge is 2.47. The van der Waals surface area contributed by atoms with Crippen LogP contribution in [0, 0.1) is 0 Å². The van der Waals surface area contributed by atoms with Gasteiger partial charge in [0.2, 0.25) is 5.91 Å². The van der Waals surface area contributed by atoms with E-state index in [1.165, 1.54) is 21.0 Å². The number of nitrogens with zero attached hydrogens (tertiary/aromatic N) is 1. The van der Waals surface area contributed by atoms with E-state index in [4.69, 9.17) is 14.2 Å². The van der Waals surface area contributed by atoms with Crippen LogP contribution in [0.1, 0.15) is 59.8 Å². The molecule has 1 saturated heterocycles. The Morgan fingerprint density at radius 3 is 1.44 bits per heavy atom. The molecule has 1 N–H and O–H groups in total. The zero-order valence-electron chi connectivity index (χ0n) is 26.7. The zero-order chi connectivity index (χ0) is 31.3. The second-order valence-corrected chi connectivity index (χ2v) is 16.3. The molecule has 3 aromatic carbocycles. The number of hydrogen-bond acceptors (Lipinski definition) is 5. The Hall–Kier alpha value is -3.12. The lowest BCUT2D eigenvalue weighted by atomic mass is 9.79. The van der Waals surface area contributed by atoms with Gasteiger partial charge < -0.3 is 19.5 Å². The van der Waals surface area contributed by atoms with Gasteiger partial charge in [0.05, 0.1) is 27.5 Å². The molecule has 1 amide bonds. The van der Waals surface area contributed by atoms with Gasteiger partial charge in [0.25, 0.3) is 0 Å². The van der Waals surface area contributed by atoms with Crippen LogP contribution in [0.3, 0.4) is 0 Å². The first-order valence-corrected chi connectivity index (χ1v) is 17.0. The van der Waals surface area contributed by atoms with Gasteiger partial charge >= 0.3 is 0 Å². The van der Waals surface area contributed by atoms with E-state index in [-0.39, 0.29) is 11.9 Å². The predicted molar refractivity (Wildman–Crippen MR) is 175 cm³/mol. The molecule has 0 atom stereocenters. The Labute approximate surface area is 257 Å². The number of benzene rings is 3. The molecule has 1 aliphatic heterocycles. The van der Waals surface area contributed by atoms with Gasteiger partial charge in [-0.1, -0.05) is 0 Å². The fourth-order valence-corrected chi connectivity index (χ4v) is 11.0. The molecular weight excluding hydrogens is 559 g/mol. The number of amides is 1. The topological polar surface area (TPSA) is 79.9 Å². The SMILES string of the molecule is COc1ccc([P+](CCCCC(=O)NC2CC(C)(C)N([O])C(C)(C)C2)(c2ccc(OC)cc2)c2ccc(OC)cc2)cc1. The van der Waals surface area contributed by atoms with E-state index in [0.717, 1.165) is 36.3 Å². The highest BCUT2D eigenvalue weighted by atomic mass is 31.2. The van der Waals surface area contributed by atoms with Gasteiger partial charge in [0.15, 0.2) is 0 Å². The van der Waals surface area contributed by atoms with Crippen LogP contribution in [-0.4, -0.2) is 55.6 Å². The third kappa shape index (κ3) is 7.34. The van der Waals surface area contributed by atoms with Crippen molar-refractivity contribution in [3.8, 4) is 17.2 Å². The monoisotopic (exact) mass is 606 g/mol. The molecule has 1 aliphatic rings. The first-order chi connectivity index (χ1) is 20.4. The minimum absolute atomic E-state index is 0.00723. The van der Waals surface area contributed by atoms with Crippen LogP contribution in [-0.2, 0) is 10.0 Å². The normalized spacial score (nSPS) is 16.8. The molecule has 3 aromatic rings. The van der Waals surface area contributed by atoms with E-state index in [0.29, 0.717) is 19.3 Å². The molecule has 0 aliphatic carbocycles. The summed E-state index contributed by atoms with van der Waals surface area (Å²) in [6.07, 6.45) is 4.29. The van der Waals surface area contributed by atoms with Crippen molar-refractivity contribution < 1.29 is 24.2 Å². The van der Waals surface area contributed by atoms with Crippen LogP contribution < -0.4 is 35.4 Å². The number of unbranched alkanes of at least 4 members (excludes halogenated alkanes) is 1. The van der Waals surface area contributed by atoms with Gasteiger partial charge in [0.1, 0.15) is 40.4 Å². The molecule has 0 bridgehead atoms. The van der Waals surface area contributed by atoms with Crippen molar-refractivity contribution in [3.05, 3.63) is 72.8 Å². The summed E-state index contributed by atoms with van der Waals surface area (Å²) in [6, 6.07) is 25.2. The van der Waals surface area contributed by atoms with Crippen molar-refractivity contribution in [1.29, 1.82) is 0 Å². The molecule has 4 rings (SSSR count). The van der Waals surface area contributed by atoms with Gasteiger partial charge in [-0.15, -0.1) is 10.3 Å². The van der Waals surface area contributed by atoms with Gasteiger partial charge in [-0.05, 0) is 126 Å². The number of rotatable bonds is 12. The Bertz CT molecular complexity index is 1210. The minimum atomic E-state index is -2.12. The second-order valence-electron chi connectivity index (χ2n) is 12.7. The summed E-state index contributed by atoms with van der Waals surface area (Å²) in [7, 11) is 2.93. The lowest BCUT2D eigenvalue weighted by Gasteiger charge is -2.50. The molecular formula is C35H47N2O5P+. The van der Waals surface area contributed by atoms with Crippen LogP contribution >= 0.6 is 7.26 Å². The summed E-state index contributed by atoms with van der Waals surface area (Å²) in [5.74, 6) is 2.50. The van der Waals surface area contributed by atoms with Gasteiger partial charge in [0, 0.05) is 23.5 Å². The van der Waals surface area contributed by atoms with Crippen molar-refractivity contribution in [3.63, 3.8) is 0 Å². The van der Waals surface area contributed by atoms with Crippen LogP contribution in [0.5, 0.6) is 17.2 Å². The summed E-state index contributed by atoms with van der Waals surface area (Å²) >= 11 is 0. The third-order valence-corrected chi connectivity index (χ3v) is 13.2. The van der Waals surface area contributed by atoms with Gasteiger partial charge in [-0.25, -0.2) is 0 Å². The van der Waals surface area contributed by atoms with Crippen molar-refractivity contribution in [2.24, 2.45) is 0 Å². The van der Waals surface area contributed by atoms with E-state index < -0.39 is 18.3 Å². The van der Waals surface area contributed by atoms with Crippen LogP contribution in [0.2, 0.25) is 0 Å². The molecule has 8 heteroatoms. The van der Waals surface area contributed by atoms with E-state index >= 15 is 0 Å². The number of hydrogen-bond donors (Lipinski definition) is 1. The van der Waals surface area contributed by atoms with Crippen molar-refractivity contribution in [2.75, 3.05) is 27.5 Å². The number of methoxy groups -OCH3 is 3. The average Bonchev–Trinajstić information content (AvgIpc) is 3.00. The maximum atomic E-state index is 13.1. The Morgan fingerprint density at radius 1 is 0.721 bits per heavy atom. The van der Waals surface area contributed by atoms with Crippen LogP contribution in [0.4, 0.5) is 0 Å². The number of hydroxylamine groups is 2. The molecule has 43 heavy (non-hydrogen) atoms. The smallest absolute Gasteiger partial charge is 0.220 e. The number of ether oxygens (including phenoxy) is 3. The maximum Gasteiger partial charge on any atom is 0.220 e. The number of carbonyl (C=O) groups is 1. The largest absolute Gasteiger partial charge is 0.497 e.